The van der Waals surface area contributed by atoms with Crippen molar-refractivity contribution in [3.05, 3.63) is 35.1 Å². The first kappa shape index (κ1) is 33.7. The van der Waals surface area contributed by atoms with E-state index in [1.54, 1.807) is 12.1 Å². The van der Waals surface area contributed by atoms with Crippen LogP contribution in [0.4, 0.5) is 0 Å². The second-order valence-electron chi connectivity index (χ2n) is 18.3. The molecule has 5 aliphatic carbocycles. The average Bonchev–Trinajstić information content (AvgIpc) is 3.02. The summed E-state index contributed by atoms with van der Waals surface area (Å²) in [5.41, 5.74) is 0.709. The van der Waals surface area contributed by atoms with Crippen LogP contribution in [0.5, 0.6) is 11.5 Å². The zero-order valence-corrected chi connectivity index (χ0v) is 30.2. The highest BCUT2D eigenvalue weighted by Crippen LogP contribution is 2.77. The molecule has 0 spiro atoms. The van der Waals surface area contributed by atoms with E-state index in [1.165, 1.54) is 12.7 Å². The molecule has 7 rings (SSSR count). The number of aromatic hydroxyl groups is 1. The van der Waals surface area contributed by atoms with Crippen molar-refractivity contribution < 1.29 is 34.6 Å². The van der Waals surface area contributed by atoms with Crippen molar-refractivity contribution in [1.82, 2.24) is 0 Å². The lowest BCUT2D eigenvalue weighted by atomic mass is 9.32. The van der Waals surface area contributed by atoms with E-state index in [1.807, 2.05) is 6.07 Å². The van der Waals surface area contributed by atoms with Gasteiger partial charge >= 0.3 is 0 Å². The number of rotatable bonds is 3. The topological polar surface area (TPSA) is 109 Å². The smallest absolute Gasteiger partial charge is 0.160 e. The molecular weight excluding hydrogens is 592 g/mol. The van der Waals surface area contributed by atoms with Crippen LogP contribution < -0.4 is 4.74 Å². The number of hydrogen-bond donors (Lipinski definition) is 4. The van der Waals surface area contributed by atoms with E-state index >= 15 is 0 Å². The third-order valence-corrected chi connectivity index (χ3v) is 16.0. The minimum Gasteiger partial charge on any atom is -0.504 e. The molecule has 0 unspecified atom stereocenters. The van der Waals surface area contributed by atoms with Gasteiger partial charge in [-0.1, -0.05) is 61.5 Å². The highest BCUT2D eigenvalue weighted by atomic mass is 16.6. The van der Waals surface area contributed by atoms with Crippen molar-refractivity contribution in [3.63, 3.8) is 0 Å². The normalized spacial score (nSPS) is 50.2. The van der Waals surface area contributed by atoms with Gasteiger partial charge in [-0.15, -0.1) is 0 Å². The van der Waals surface area contributed by atoms with E-state index in [4.69, 9.17) is 14.2 Å². The summed E-state index contributed by atoms with van der Waals surface area (Å²) in [4.78, 5) is 0. The maximum Gasteiger partial charge on any atom is 0.160 e. The first-order valence-corrected chi connectivity index (χ1v) is 18.4. The summed E-state index contributed by atoms with van der Waals surface area (Å²) in [6.07, 6.45) is 4.05. The van der Waals surface area contributed by atoms with Gasteiger partial charge in [0, 0.05) is 11.3 Å². The largest absolute Gasteiger partial charge is 0.504 e. The molecule has 1 heterocycles. The second kappa shape index (κ2) is 10.8. The molecule has 0 bridgehead atoms. The van der Waals surface area contributed by atoms with Crippen LogP contribution in [-0.4, -0.2) is 58.6 Å². The molecule has 262 valence electrons. The van der Waals surface area contributed by atoms with E-state index in [0.29, 0.717) is 17.6 Å². The fraction of sp³-hybridized carbons (Fsp3) is 0.800. The Labute approximate surface area is 282 Å². The lowest BCUT2D eigenvalue weighted by molar-refractivity contribution is -0.286. The minimum absolute atomic E-state index is 0.0146. The van der Waals surface area contributed by atoms with Crippen molar-refractivity contribution in [2.75, 3.05) is 13.7 Å². The zero-order valence-electron chi connectivity index (χ0n) is 30.2. The van der Waals surface area contributed by atoms with Crippen molar-refractivity contribution in [3.8, 4) is 11.5 Å². The summed E-state index contributed by atoms with van der Waals surface area (Å²) in [5, 5.41) is 45.3. The van der Waals surface area contributed by atoms with E-state index < -0.39 is 23.7 Å². The Morgan fingerprint density at radius 1 is 0.915 bits per heavy atom. The molecule has 6 aliphatic rings. The number of phenolic OH excluding ortho intramolecular Hbond substituents is 1. The van der Waals surface area contributed by atoms with Crippen molar-refractivity contribution in [2.45, 2.75) is 131 Å². The van der Waals surface area contributed by atoms with Crippen LogP contribution in [-0.2, 0) is 9.47 Å². The maximum atomic E-state index is 12.6. The van der Waals surface area contributed by atoms with E-state index in [-0.39, 0.29) is 64.0 Å². The molecule has 47 heavy (non-hydrogen) atoms. The molecule has 5 fully saturated rings. The van der Waals surface area contributed by atoms with Crippen LogP contribution >= 0.6 is 0 Å². The first-order chi connectivity index (χ1) is 22.0. The SMILES string of the molecule is COc1cc([C@H]2O[C@@H]3C(=C4[C@@H]5[C@@H](C)[C@H](C)CC[C@]5(C)C[C@H](O)[C@@]4(C)[C@]4(C)CC[C@H]5C(C)(C)[C@@H](O)CC[C@]5(C)[C@@H]34)O[C@@H]2CO)ccc1O. The summed E-state index contributed by atoms with van der Waals surface area (Å²) in [7, 11) is 1.54. The van der Waals surface area contributed by atoms with Crippen molar-refractivity contribution in [2.24, 2.45) is 56.7 Å². The molecule has 4 N–H and O–H groups in total. The summed E-state index contributed by atoms with van der Waals surface area (Å²) in [5.74, 6) is 2.76. The van der Waals surface area contributed by atoms with Crippen LogP contribution in [0.1, 0.15) is 112 Å². The second-order valence-corrected chi connectivity index (χ2v) is 18.3. The predicted octanol–water partition coefficient (Wildman–Crippen LogP) is 7.17. The monoisotopic (exact) mass is 652 g/mol. The Bertz CT molecular complexity index is 1440. The molecule has 4 saturated carbocycles. The fourth-order valence-electron chi connectivity index (χ4n) is 13.1. The Morgan fingerprint density at radius 2 is 1.64 bits per heavy atom. The summed E-state index contributed by atoms with van der Waals surface area (Å²) >= 11 is 0. The molecule has 7 nitrogen and oxygen atoms in total. The first-order valence-electron chi connectivity index (χ1n) is 18.4. The number of ether oxygens (including phenoxy) is 3. The van der Waals surface area contributed by atoms with E-state index in [0.717, 1.165) is 56.3 Å². The van der Waals surface area contributed by atoms with Gasteiger partial charge in [0.2, 0.25) is 0 Å². The molecule has 1 aromatic carbocycles. The molecule has 1 saturated heterocycles. The van der Waals surface area contributed by atoms with Crippen LogP contribution in [0.3, 0.4) is 0 Å². The predicted molar refractivity (Wildman–Crippen MR) is 181 cm³/mol. The Kier molecular flexibility index (Phi) is 7.78. The maximum absolute atomic E-state index is 12.6. The van der Waals surface area contributed by atoms with Crippen molar-refractivity contribution >= 4 is 0 Å². The number of methoxy groups -OCH3 is 1. The molecule has 7 heteroatoms. The van der Waals surface area contributed by atoms with E-state index in [2.05, 4.69) is 55.4 Å². The molecule has 14 atom stereocenters. The van der Waals surface area contributed by atoms with Gasteiger partial charge in [0.1, 0.15) is 18.0 Å². The standard InChI is InChI=1S/C40H60O7/c1-21-12-15-37(5)19-29(44)40(8)31(30(37)22(21)2)33-34(47-32(26(20-41)46-33)23-10-11-24(42)25(18-23)45-9)35-38(6)16-14-28(43)36(3,4)27(38)13-17-39(35,40)7/h10-11,18,21-22,26-30,32,34-35,41-44H,12-17,19-20H2,1-9H3/t21-,22+,26-,27+,28+,29+,30+,32-,34-,35-,37-,38+,39-,40-/m1/s1. The molecule has 1 aromatic rings. The summed E-state index contributed by atoms with van der Waals surface area (Å²) < 4.78 is 20.1. The Morgan fingerprint density at radius 3 is 2.32 bits per heavy atom. The lowest BCUT2D eigenvalue weighted by Crippen LogP contribution is -2.72. The van der Waals surface area contributed by atoms with Crippen molar-refractivity contribution in [1.29, 1.82) is 0 Å². The number of phenols is 1. The average molecular weight is 653 g/mol. The number of fused-ring (bicyclic) bond motifs is 9. The lowest BCUT2D eigenvalue weighted by Gasteiger charge is -2.74. The van der Waals surface area contributed by atoms with Gasteiger partial charge in [0.05, 0.1) is 25.9 Å². The summed E-state index contributed by atoms with van der Waals surface area (Å²) in [6.45, 7) is 18.7. The molecule has 1 aliphatic heterocycles. The zero-order chi connectivity index (χ0) is 34.1. The number of benzene rings is 1. The minimum atomic E-state index is -0.657. The Hall–Kier alpha value is -1.80. The highest BCUT2D eigenvalue weighted by molar-refractivity contribution is 5.44. The fourth-order valence-corrected chi connectivity index (χ4v) is 13.1. The van der Waals surface area contributed by atoms with Crippen LogP contribution in [0.2, 0.25) is 0 Å². The van der Waals surface area contributed by atoms with Gasteiger partial charge in [-0.2, -0.15) is 0 Å². The molecule has 0 amide bonds. The van der Waals surface area contributed by atoms with Gasteiger partial charge in [-0.3, -0.25) is 0 Å². The Balaban J connectivity index is 1.48. The third kappa shape index (κ3) is 4.31. The number of hydrogen-bond acceptors (Lipinski definition) is 7. The molecule has 0 radical (unpaired) electrons. The van der Waals surface area contributed by atoms with Crippen LogP contribution in [0.15, 0.2) is 29.5 Å². The summed E-state index contributed by atoms with van der Waals surface area (Å²) in [6, 6.07) is 5.27. The van der Waals surface area contributed by atoms with Gasteiger partial charge in [0.15, 0.2) is 17.6 Å². The van der Waals surface area contributed by atoms with Crippen LogP contribution in [0.25, 0.3) is 0 Å². The molecule has 0 aromatic heterocycles. The molecular formula is C40H60O7. The number of aliphatic hydroxyl groups excluding tert-OH is 3. The van der Waals surface area contributed by atoms with E-state index in [9.17, 15) is 20.4 Å². The van der Waals surface area contributed by atoms with Gasteiger partial charge < -0.3 is 34.6 Å². The quantitative estimate of drug-likeness (QED) is 0.274. The highest BCUT2D eigenvalue weighted by Gasteiger charge is 2.75. The van der Waals surface area contributed by atoms with Gasteiger partial charge in [-0.05, 0) is 114 Å². The van der Waals surface area contributed by atoms with Gasteiger partial charge in [-0.25, -0.2) is 0 Å². The van der Waals surface area contributed by atoms with Crippen LogP contribution in [0, 0.1) is 56.7 Å². The van der Waals surface area contributed by atoms with Gasteiger partial charge in [0.25, 0.3) is 0 Å². The number of aliphatic hydroxyl groups is 3. The third-order valence-electron chi connectivity index (χ3n) is 16.0.